The smallest absolute Gasteiger partial charge is 0.233 e. The molecule has 2 N–H and O–H groups in total. The van der Waals surface area contributed by atoms with Crippen molar-refractivity contribution in [1.82, 2.24) is 24.8 Å². The number of amides is 1. The third-order valence-electron chi connectivity index (χ3n) is 3.68. The molecule has 1 amide bonds. The number of morpholine rings is 1. The van der Waals surface area contributed by atoms with Gasteiger partial charge in [-0.15, -0.1) is 10.2 Å². The first-order valence-electron chi connectivity index (χ1n) is 7.71. The maximum absolute atomic E-state index is 12.4. The predicted octanol–water partition coefficient (Wildman–Crippen LogP) is 0.782. The highest BCUT2D eigenvalue weighted by Crippen LogP contribution is 2.21. The van der Waals surface area contributed by atoms with Crippen LogP contribution in [-0.4, -0.2) is 61.7 Å². The molecule has 0 saturated carbocycles. The van der Waals surface area contributed by atoms with E-state index in [1.807, 2.05) is 24.8 Å². The van der Waals surface area contributed by atoms with E-state index in [-0.39, 0.29) is 23.9 Å². The van der Waals surface area contributed by atoms with Crippen molar-refractivity contribution in [2.24, 2.45) is 0 Å². The number of hydrogen-bond acceptors (Lipinski definition) is 7. The molecule has 2 aromatic heterocycles. The van der Waals surface area contributed by atoms with E-state index in [1.165, 1.54) is 16.4 Å². The second kappa shape index (κ2) is 7.18. The summed E-state index contributed by atoms with van der Waals surface area (Å²) in [5.74, 6) is 6.88. The molecule has 0 unspecified atom stereocenters. The fraction of sp³-hybridized carbons (Fsp3) is 0.467. The van der Waals surface area contributed by atoms with E-state index in [2.05, 4.69) is 15.2 Å². The van der Waals surface area contributed by atoms with Crippen molar-refractivity contribution < 1.29 is 9.53 Å². The average molecular weight is 348 g/mol. The number of aromatic nitrogens is 4. The first-order chi connectivity index (χ1) is 11.5. The molecule has 2 aromatic rings. The number of rotatable bonds is 4. The monoisotopic (exact) mass is 348 g/mol. The summed E-state index contributed by atoms with van der Waals surface area (Å²) in [5.41, 5.74) is 0.779. The lowest BCUT2D eigenvalue weighted by Gasteiger charge is -2.35. The van der Waals surface area contributed by atoms with Crippen LogP contribution in [0.2, 0.25) is 0 Å². The average Bonchev–Trinajstić information content (AvgIpc) is 2.93. The van der Waals surface area contributed by atoms with E-state index in [0.29, 0.717) is 24.1 Å². The van der Waals surface area contributed by atoms with Crippen molar-refractivity contribution in [2.45, 2.75) is 31.2 Å². The molecule has 0 spiro atoms. The van der Waals surface area contributed by atoms with E-state index >= 15 is 0 Å². The fourth-order valence-corrected chi connectivity index (χ4v) is 3.43. The quantitative estimate of drug-likeness (QED) is 0.644. The van der Waals surface area contributed by atoms with Crippen LogP contribution in [0.1, 0.15) is 13.8 Å². The zero-order chi connectivity index (χ0) is 17.1. The standard InChI is InChI=1S/C15H20N6O2S/c1-10-7-20(8-11(2)23-10)13(22)9-24-15-19-18-14(21(15)16)12-4-3-5-17-6-12/h3-6,10-11H,7-9,16H2,1-2H3/t10-,11+. The van der Waals surface area contributed by atoms with Crippen molar-refractivity contribution in [3.05, 3.63) is 24.5 Å². The van der Waals surface area contributed by atoms with E-state index < -0.39 is 0 Å². The third kappa shape index (κ3) is 3.68. The molecular weight excluding hydrogens is 328 g/mol. The maximum atomic E-state index is 12.4. The SMILES string of the molecule is C[C@@H]1CN(C(=O)CSc2nnc(-c3cccnc3)n2N)C[C@H](C)O1. The molecule has 128 valence electrons. The van der Waals surface area contributed by atoms with Crippen LogP contribution in [0.25, 0.3) is 11.4 Å². The number of pyridine rings is 1. The van der Waals surface area contributed by atoms with Crippen LogP contribution in [0.3, 0.4) is 0 Å². The van der Waals surface area contributed by atoms with Gasteiger partial charge in [-0.3, -0.25) is 9.78 Å². The van der Waals surface area contributed by atoms with Crippen molar-refractivity contribution in [3.8, 4) is 11.4 Å². The number of hydrogen-bond donors (Lipinski definition) is 1. The molecular formula is C15H20N6O2S. The number of carbonyl (C=O) groups is 1. The van der Waals surface area contributed by atoms with Gasteiger partial charge < -0.3 is 15.5 Å². The van der Waals surface area contributed by atoms with Gasteiger partial charge in [-0.25, -0.2) is 4.68 Å². The topological polar surface area (TPSA) is 99.2 Å². The summed E-state index contributed by atoms with van der Waals surface area (Å²) < 4.78 is 7.04. The molecule has 24 heavy (non-hydrogen) atoms. The van der Waals surface area contributed by atoms with Crippen molar-refractivity contribution in [2.75, 3.05) is 24.7 Å². The molecule has 0 aromatic carbocycles. The summed E-state index contributed by atoms with van der Waals surface area (Å²) in [6.07, 6.45) is 3.46. The Bertz CT molecular complexity index is 697. The molecule has 1 aliphatic rings. The molecule has 1 saturated heterocycles. The number of nitrogens with zero attached hydrogens (tertiary/aromatic N) is 5. The van der Waals surface area contributed by atoms with E-state index in [9.17, 15) is 4.79 Å². The molecule has 0 bridgehead atoms. The Labute approximate surface area is 144 Å². The highest BCUT2D eigenvalue weighted by molar-refractivity contribution is 7.99. The van der Waals surface area contributed by atoms with Crippen LogP contribution in [0.5, 0.6) is 0 Å². The summed E-state index contributed by atoms with van der Waals surface area (Å²) in [4.78, 5) is 18.3. The summed E-state index contributed by atoms with van der Waals surface area (Å²) in [5, 5.41) is 8.65. The predicted molar refractivity (Wildman–Crippen MR) is 90.7 cm³/mol. The minimum Gasteiger partial charge on any atom is -0.372 e. The second-order valence-electron chi connectivity index (χ2n) is 5.76. The van der Waals surface area contributed by atoms with Gasteiger partial charge >= 0.3 is 0 Å². The Kier molecular flexibility index (Phi) is 5.00. The summed E-state index contributed by atoms with van der Waals surface area (Å²) in [7, 11) is 0. The van der Waals surface area contributed by atoms with Crippen LogP contribution >= 0.6 is 11.8 Å². The van der Waals surface area contributed by atoms with Crippen LogP contribution in [0.15, 0.2) is 29.7 Å². The van der Waals surface area contributed by atoms with Crippen LogP contribution in [-0.2, 0) is 9.53 Å². The zero-order valence-corrected chi connectivity index (χ0v) is 14.4. The lowest BCUT2D eigenvalue weighted by atomic mass is 10.2. The lowest BCUT2D eigenvalue weighted by molar-refractivity contribution is -0.140. The van der Waals surface area contributed by atoms with Crippen LogP contribution in [0.4, 0.5) is 0 Å². The molecule has 0 radical (unpaired) electrons. The largest absolute Gasteiger partial charge is 0.372 e. The fourth-order valence-electron chi connectivity index (χ4n) is 2.67. The molecule has 8 nitrogen and oxygen atoms in total. The van der Waals surface area contributed by atoms with E-state index in [1.54, 1.807) is 18.5 Å². The molecule has 3 heterocycles. The molecule has 0 aliphatic carbocycles. The first-order valence-corrected chi connectivity index (χ1v) is 8.70. The van der Waals surface area contributed by atoms with Gasteiger partial charge in [-0.1, -0.05) is 11.8 Å². The van der Waals surface area contributed by atoms with Gasteiger partial charge in [0.05, 0.1) is 18.0 Å². The highest BCUT2D eigenvalue weighted by Gasteiger charge is 2.26. The number of ether oxygens (including phenoxy) is 1. The van der Waals surface area contributed by atoms with Crippen molar-refractivity contribution in [1.29, 1.82) is 0 Å². The zero-order valence-electron chi connectivity index (χ0n) is 13.6. The van der Waals surface area contributed by atoms with E-state index in [0.717, 1.165) is 5.56 Å². The molecule has 1 aliphatic heterocycles. The van der Waals surface area contributed by atoms with Gasteiger partial charge in [-0.2, -0.15) is 0 Å². The minimum absolute atomic E-state index is 0.0490. The molecule has 9 heteroatoms. The lowest BCUT2D eigenvalue weighted by Crippen LogP contribution is -2.48. The van der Waals surface area contributed by atoms with Gasteiger partial charge in [0.25, 0.3) is 0 Å². The Morgan fingerprint density at radius 2 is 2.12 bits per heavy atom. The Hall–Kier alpha value is -2.13. The Morgan fingerprint density at radius 1 is 1.38 bits per heavy atom. The number of thioether (sulfide) groups is 1. The maximum Gasteiger partial charge on any atom is 0.233 e. The Balaban J connectivity index is 1.63. The van der Waals surface area contributed by atoms with Crippen LogP contribution in [0, 0.1) is 0 Å². The molecule has 1 fully saturated rings. The van der Waals surface area contributed by atoms with Crippen LogP contribution < -0.4 is 5.84 Å². The minimum atomic E-state index is 0.0490. The van der Waals surface area contributed by atoms with Crippen molar-refractivity contribution in [3.63, 3.8) is 0 Å². The second-order valence-corrected chi connectivity index (χ2v) is 6.71. The number of nitrogen functional groups attached to an aromatic ring is 1. The number of carbonyl (C=O) groups excluding carboxylic acids is 1. The first kappa shape index (κ1) is 16.7. The van der Waals surface area contributed by atoms with E-state index in [4.69, 9.17) is 10.6 Å². The summed E-state index contributed by atoms with van der Waals surface area (Å²) >= 11 is 1.28. The van der Waals surface area contributed by atoms with Gasteiger partial charge in [0.1, 0.15) is 0 Å². The normalized spacial score (nSPS) is 21.0. The summed E-state index contributed by atoms with van der Waals surface area (Å²) in [6.45, 7) is 5.17. The van der Waals surface area contributed by atoms with Gasteiger partial charge in [0, 0.05) is 31.0 Å². The van der Waals surface area contributed by atoms with Crippen molar-refractivity contribution >= 4 is 17.7 Å². The highest BCUT2D eigenvalue weighted by atomic mass is 32.2. The van der Waals surface area contributed by atoms with Gasteiger partial charge in [0.15, 0.2) is 5.82 Å². The molecule has 2 atom stereocenters. The summed E-state index contributed by atoms with van der Waals surface area (Å²) in [6, 6.07) is 3.66. The van der Waals surface area contributed by atoms with Gasteiger partial charge in [-0.05, 0) is 26.0 Å². The molecule has 3 rings (SSSR count). The number of nitrogens with two attached hydrogens (primary N) is 1. The van der Waals surface area contributed by atoms with Gasteiger partial charge in [0.2, 0.25) is 11.1 Å². The Morgan fingerprint density at radius 3 is 2.79 bits per heavy atom. The third-order valence-corrected chi connectivity index (χ3v) is 4.61.